The lowest BCUT2D eigenvalue weighted by Crippen LogP contribution is -2.54. The summed E-state index contributed by atoms with van der Waals surface area (Å²) in [5.74, 6) is -1.54. The molecule has 3 N–H and O–H groups in total. The first kappa shape index (κ1) is 22.9. The molecule has 10 nitrogen and oxygen atoms in total. The second-order valence-electron chi connectivity index (χ2n) is 8.63. The minimum atomic E-state index is -1.02. The van der Waals surface area contributed by atoms with E-state index in [-0.39, 0.29) is 42.2 Å². The molecule has 0 saturated carbocycles. The number of imide groups is 2. The van der Waals surface area contributed by atoms with Crippen molar-refractivity contribution in [2.45, 2.75) is 44.6 Å². The third-order valence-corrected chi connectivity index (χ3v) is 6.35. The molecule has 3 aliphatic heterocycles. The van der Waals surface area contributed by atoms with Crippen LogP contribution in [0.3, 0.4) is 0 Å². The molecule has 1 unspecified atom stereocenters. The smallest absolute Gasteiger partial charge is 0.262 e. The van der Waals surface area contributed by atoms with Crippen LogP contribution < -0.4 is 20.7 Å². The number of hydrogen-bond donors (Lipinski definition) is 3. The lowest BCUT2D eigenvalue weighted by atomic mass is 9.93. The van der Waals surface area contributed by atoms with Crippen LogP contribution in [0.5, 0.6) is 5.75 Å². The Labute approximate surface area is 191 Å². The van der Waals surface area contributed by atoms with E-state index in [1.54, 1.807) is 0 Å². The summed E-state index contributed by atoms with van der Waals surface area (Å²) in [4.78, 5) is 62.0. The predicted octanol–water partition coefficient (Wildman–Crippen LogP) is 0.363. The molecule has 2 saturated heterocycles. The van der Waals surface area contributed by atoms with E-state index in [9.17, 15) is 24.0 Å². The average molecular weight is 456 g/mol. The molecule has 0 aromatic heterocycles. The fourth-order valence-electron chi connectivity index (χ4n) is 4.53. The number of nitrogens with zero attached hydrogens (tertiary/aromatic N) is 1. The maximum absolute atomic E-state index is 12.8. The molecule has 3 heterocycles. The lowest BCUT2D eigenvalue weighted by molar-refractivity contribution is -0.136. The van der Waals surface area contributed by atoms with E-state index in [4.69, 9.17) is 4.74 Å². The van der Waals surface area contributed by atoms with Gasteiger partial charge in [-0.05, 0) is 69.3 Å². The van der Waals surface area contributed by atoms with Crippen molar-refractivity contribution in [3.8, 4) is 5.75 Å². The second-order valence-corrected chi connectivity index (χ2v) is 8.63. The van der Waals surface area contributed by atoms with Gasteiger partial charge in [0.25, 0.3) is 17.7 Å². The van der Waals surface area contributed by atoms with Crippen LogP contribution in [-0.2, 0) is 14.4 Å². The first-order chi connectivity index (χ1) is 15.9. The van der Waals surface area contributed by atoms with Crippen molar-refractivity contribution in [1.29, 1.82) is 0 Å². The molecule has 10 heteroatoms. The van der Waals surface area contributed by atoms with Crippen LogP contribution >= 0.6 is 0 Å². The van der Waals surface area contributed by atoms with Crippen molar-refractivity contribution in [1.82, 2.24) is 20.9 Å². The molecule has 1 aromatic carbocycles. The highest BCUT2D eigenvalue weighted by atomic mass is 16.5. The summed E-state index contributed by atoms with van der Waals surface area (Å²) in [6.45, 7) is 2.51. The van der Waals surface area contributed by atoms with Gasteiger partial charge in [-0.1, -0.05) is 0 Å². The first-order valence-electron chi connectivity index (χ1n) is 11.4. The van der Waals surface area contributed by atoms with E-state index in [1.807, 2.05) is 0 Å². The number of nitrogens with one attached hydrogen (secondary N) is 3. The molecule has 0 radical (unpaired) electrons. The highest BCUT2D eigenvalue weighted by Gasteiger charge is 2.44. The van der Waals surface area contributed by atoms with Gasteiger partial charge in [0, 0.05) is 13.0 Å². The summed E-state index contributed by atoms with van der Waals surface area (Å²) < 4.78 is 5.51. The van der Waals surface area contributed by atoms with Crippen LogP contribution in [-0.4, -0.2) is 66.7 Å². The predicted molar refractivity (Wildman–Crippen MR) is 116 cm³/mol. The number of fused-ring (bicyclic) bond motifs is 1. The Kier molecular flexibility index (Phi) is 7.02. The minimum Gasteiger partial charge on any atom is -0.484 e. The fourth-order valence-corrected chi connectivity index (χ4v) is 4.53. The molecule has 1 aromatic rings. The zero-order valence-electron chi connectivity index (χ0n) is 18.4. The average Bonchev–Trinajstić information content (AvgIpc) is 3.06. The zero-order chi connectivity index (χ0) is 23.4. The van der Waals surface area contributed by atoms with Gasteiger partial charge in [0.1, 0.15) is 11.8 Å². The third-order valence-electron chi connectivity index (χ3n) is 6.35. The summed E-state index contributed by atoms with van der Waals surface area (Å²) in [5.41, 5.74) is 0.281. The maximum Gasteiger partial charge on any atom is 0.262 e. The van der Waals surface area contributed by atoms with Gasteiger partial charge in [-0.2, -0.15) is 0 Å². The monoisotopic (exact) mass is 456 g/mol. The number of carbonyl (C=O) groups excluding carboxylic acids is 5. The van der Waals surface area contributed by atoms with Crippen LogP contribution in [0.2, 0.25) is 0 Å². The van der Waals surface area contributed by atoms with E-state index in [0.29, 0.717) is 12.5 Å². The van der Waals surface area contributed by atoms with Crippen LogP contribution in [0.1, 0.15) is 59.2 Å². The molecule has 176 valence electrons. The van der Waals surface area contributed by atoms with Crippen LogP contribution in [0.4, 0.5) is 0 Å². The van der Waals surface area contributed by atoms with Crippen LogP contribution in [0, 0.1) is 5.92 Å². The van der Waals surface area contributed by atoms with Gasteiger partial charge in [-0.25, -0.2) is 0 Å². The number of piperidine rings is 2. The molecular weight excluding hydrogens is 428 g/mol. The van der Waals surface area contributed by atoms with Crippen molar-refractivity contribution >= 4 is 29.5 Å². The van der Waals surface area contributed by atoms with E-state index in [2.05, 4.69) is 16.0 Å². The number of benzene rings is 1. The highest BCUT2D eigenvalue weighted by Crippen LogP contribution is 2.30. The Balaban J connectivity index is 1.27. The van der Waals surface area contributed by atoms with Crippen molar-refractivity contribution in [2.75, 3.05) is 26.2 Å². The summed E-state index contributed by atoms with van der Waals surface area (Å²) in [7, 11) is 0. The molecule has 33 heavy (non-hydrogen) atoms. The van der Waals surface area contributed by atoms with Gasteiger partial charge in [-0.15, -0.1) is 0 Å². The van der Waals surface area contributed by atoms with Gasteiger partial charge >= 0.3 is 0 Å². The van der Waals surface area contributed by atoms with E-state index in [0.717, 1.165) is 30.8 Å². The van der Waals surface area contributed by atoms with Crippen molar-refractivity contribution in [3.05, 3.63) is 29.3 Å². The standard InChI is InChI=1S/C23H28N4O6/c28-19-6-5-18(21(30)26-19)27-22(31)16-4-3-15(12-17(16)23(27)32)33-13-20(29)25-9-1-2-14-7-10-24-11-8-14/h3-4,12,14,18,24H,1-2,5-11,13H2,(H,25,29)(H,26,28,30). The summed E-state index contributed by atoms with van der Waals surface area (Å²) in [6, 6.07) is 3.36. The molecule has 1 atom stereocenters. The highest BCUT2D eigenvalue weighted by molar-refractivity contribution is 6.23. The molecule has 3 aliphatic rings. The molecule has 0 spiro atoms. The van der Waals surface area contributed by atoms with Gasteiger partial charge in [0.05, 0.1) is 11.1 Å². The quantitative estimate of drug-likeness (QED) is 0.380. The Hall–Kier alpha value is -3.27. The van der Waals surface area contributed by atoms with E-state index >= 15 is 0 Å². The number of rotatable bonds is 8. The molecule has 0 bridgehead atoms. The lowest BCUT2D eigenvalue weighted by Gasteiger charge is -2.27. The summed E-state index contributed by atoms with van der Waals surface area (Å²) >= 11 is 0. The largest absolute Gasteiger partial charge is 0.484 e. The molecule has 4 rings (SSSR count). The topological polar surface area (TPSA) is 134 Å². The summed E-state index contributed by atoms with van der Waals surface area (Å²) in [6.07, 6.45) is 4.52. The Morgan fingerprint density at radius 3 is 2.58 bits per heavy atom. The van der Waals surface area contributed by atoms with Crippen molar-refractivity contribution < 1.29 is 28.7 Å². The minimum absolute atomic E-state index is 0.0607. The molecule has 5 amide bonds. The van der Waals surface area contributed by atoms with E-state index in [1.165, 1.54) is 31.0 Å². The van der Waals surface area contributed by atoms with Crippen molar-refractivity contribution in [2.24, 2.45) is 5.92 Å². The van der Waals surface area contributed by atoms with Gasteiger partial charge < -0.3 is 15.4 Å². The number of carbonyl (C=O) groups is 5. The SMILES string of the molecule is O=C(COc1ccc2c(c1)C(=O)N(C1CCC(=O)NC1=O)C2=O)NCCCC1CCNCC1. The van der Waals surface area contributed by atoms with Gasteiger partial charge in [0.2, 0.25) is 11.8 Å². The van der Waals surface area contributed by atoms with Crippen molar-refractivity contribution in [3.63, 3.8) is 0 Å². The normalized spacial score (nSPS) is 21.1. The zero-order valence-corrected chi connectivity index (χ0v) is 18.4. The Morgan fingerprint density at radius 2 is 1.82 bits per heavy atom. The third kappa shape index (κ3) is 5.22. The second kappa shape index (κ2) is 10.1. The molecular formula is C23H28N4O6. The molecule has 2 fully saturated rings. The van der Waals surface area contributed by atoms with Gasteiger partial charge in [0.15, 0.2) is 6.61 Å². The van der Waals surface area contributed by atoms with Crippen LogP contribution in [0.15, 0.2) is 18.2 Å². The number of hydrogen-bond acceptors (Lipinski definition) is 7. The number of ether oxygens (including phenoxy) is 1. The Bertz CT molecular complexity index is 972. The Morgan fingerprint density at radius 1 is 1.06 bits per heavy atom. The van der Waals surface area contributed by atoms with Gasteiger partial charge in [-0.3, -0.25) is 34.2 Å². The maximum atomic E-state index is 12.8. The first-order valence-corrected chi connectivity index (χ1v) is 11.4. The molecule has 0 aliphatic carbocycles. The van der Waals surface area contributed by atoms with E-state index < -0.39 is 29.7 Å². The number of amides is 5. The fraction of sp³-hybridized carbons (Fsp3) is 0.522. The van der Waals surface area contributed by atoms with Crippen LogP contribution in [0.25, 0.3) is 0 Å². The summed E-state index contributed by atoms with van der Waals surface area (Å²) in [5, 5.41) is 8.34.